The molecule has 21 heavy (non-hydrogen) atoms. The third-order valence-corrected chi connectivity index (χ3v) is 2.81. The lowest BCUT2D eigenvalue weighted by molar-refractivity contribution is -0.131. The molecule has 0 saturated carbocycles. The van der Waals surface area contributed by atoms with Crippen LogP contribution in [-0.2, 0) is 17.8 Å². The molecule has 0 spiro atoms. The van der Waals surface area contributed by atoms with Crippen LogP contribution in [0.5, 0.6) is 5.75 Å². The predicted octanol–water partition coefficient (Wildman–Crippen LogP) is 2.62. The molecule has 0 aliphatic carbocycles. The van der Waals surface area contributed by atoms with E-state index in [0.717, 1.165) is 11.6 Å². The van der Waals surface area contributed by atoms with Crippen LogP contribution >= 0.6 is 0 Å². The molecule has 0 atom stereocenters. The first-order chi connectivity index (χ1) is 10.1. The number of aliphatic carboxylic acids is 1. The smallest absolute Gasteiger partial charge is 0.328 e. The first kappa shape index (κ1) is 14.8. The highest BCUT2D eigenvalue weighted by Gasteiger charge is 2.09. The fraction of sp³-hybridized carbons (Fsp3) is 0.267. The highest BCUT2D eigenvalue weighted by atomic mass is 16.5. The van der Waals surface area contributed by atoms with Gasteiger partial charge in [0.15, 0.2) is 6.61 Å². The van der Waals surface area contributed by atoms with Crippen molar-refractivity contribution in [3.63, 3.8) is 0 Å². The zero-order chi connectivity index (χ0) is 15.2. The normalized spacial score (nSPS) is 11.0. The summed E-state index contributed by atoms with van der Waals surface area (Å²) in [5.74, 6) is 0.624. The average Bonchev–Trinajstić information content (AvgIpc) is 2.92. The highest BCUT2D eigenvalue weighted by molar-refractivity contribution is 5.86. The summed E-state index contributed by atoms with van der Waals surface area (Å²) < 4.78 is 10.7. The number of carboxylic acids is 1. The molecule has 1 heterocycles. The molecule has 2 aromatic rings. The number of ether oxygens (including phenoxy) is 1. The molecule has 0 fully saturated rings. The van der Waals surface area contributed by atoms with Crippen LogP contribution in [-0.4, -0.2) is 21.2 Å². The van der Waals surface area contributed by atoms with Gasteiger partial charge in [-0.05, 0) is 18.6 Å². The molecule has 1 aromatic carbocycles. The van der Waals surface area contributed by atoms with Crippen molar-refractivity contribution in [2.45, 2.75) is 26.9 Å². The quantitative estimate of drug-likeness (QED) is 0.822. The molecule has 0 saturated heterocycles. The number of hydrogen-bond donors (Lipinski definition) is 1. The number of benzene rings is 1. The third-order valence-electron chi connectivity index (χ3n) is 2.81. The summed E-state index contributed by atoms with van der Waals surface area (Å²) in [6.07, 6.45) is 3.24. The van der Waals surface area contributed by atoms with E-state index in [0.29, 0.717) is 29.4 Å². The Kier molecular flexibility index (Phi) is 4.71. The van der Waals surface area contributed by atoms with Crippen molar-refractivity contribution in [1.29, 1.82) is 0 Å². The summed E-state index contributed by atoms with van der Waals surface area (Å²) in [5.41, 5.74) is 1.60. The van der Waals surface area contributed by atoms with Gasteiger partial charge in [-0.2, -0.15) is 4.98 Å². The number of para-hydroxylation sites is 1. The Morgan fingerprint density at radius 2 is 2.29 bits per heavy atom. The second-order valence-corrected chi connectivity index (χ2v) is 4.41. The van der Waals surface area contributed by atoms with Crippen molar-refractivity contribution in [1.82, 2.24) is 10.1 Å². The van der Waals surface area contributed by atoms with Crippen LogP contribution in [0.15, 0.2) is 28.8 Å². The number of carboxylic acid groups (broad SMARTS) is 1. The fourth-order valence-electron chi connectivity index (χ4n) is 1.79. The van der Waals surface area contributed by atoms with Crippen LogP contribution in [0.4, 0.5) is 0 Å². The van der Waals surface area contributed by atoms with E-state index in [1.165, 1.54) is 6.08 Å². The van der Waals surface area contributed by atoms with Gasteiger partial charge in [0.2, 0.25) is 11.7 Å². The number of aryl methyl sites for hydroxylation is 2. The Bertz CT molecular complexity index is 661. The van der Waals surface area contributed by atoms with Gasteiger partial charge >= 0.3 is 5.97 Å². The van der Waals surface area contributed by atoms with Crippen LogP contribution in [0.25, 0.3) is 6.08 Å². The van der Waals surface area contributed by atoms with E-state index in [1.54, 1.807) is 6.07 Å². The molecule has 0 aliphatic heterocycles. The maximum atomic E-state index is 10.6. The lowest BCUT2D eigenvalue weighted by Crippen LogP contribution is -2.01. The minimum Gasteiger partial charge on any atom is -0.485 e. The van der Waals surface area contributed by atoms with Gasteiger partial charge < -0.3 is 14.4 Å². The van der Waals surface area contributed by atoms with Crippen LogP contribution in [0, 0.1) is 6.92 Å². The lowest BCUT2D eigenvalue weighted by atomic mass is 10.1. The fourth-order valence-corrected chi connectivity index (χ4v) is 1.79. The van der Waals surface area contributed by atoms with Crippen molar-refractivity contribution >= 4 is 12.0 Å². The van der Waals surface area contributed by atoms with E-state index in [-0.39, 0.29) is 6.61 Å². The number of rotatable bonds is 6. The zero-order valence-corrected chi connectivity index (χ0v) is 11.9. The monoisotopic (exact) mass is 288 g/mol. The van der Waals surface area contributed by atoms with E-state index in [4.69, 9.17) is 14.4 Å². The average molecular weight is 288 g/mol. The summed E-state index contributed by atoms with van der Waals surface area (Å²) in [4.78, 5) is 14.8. The molecular weight excluding hydrogens is 272 g/mol. The predicted molar refractivity (Wildman–Crippen MR) is 75.9 cm³/mol. The zero-order valence-electron chi connectivity index (χ0n) is 11.9. The topological polar surface area (TPSA) is 85.5 Å². The minimum absolute atomic E-state index is 0.169. The molecule has 2 rings (SSSR count). The van der Waals surface area contributed by atoms with Crippen LogP contribution in [0.2, 0.25) is 0 Å². The van der Waals surface area contributed by atoms with Crippen molar-refractivity contribution in [2.75, 3.05) is 0 Å². The second-order valence-electron chi connectivity index (χ2n) is 4.41. The van der Waals surface area contributed by atoms with Gasteiger partial charge in [-0.3, -0.25) is 0 Å². The van der Waals surface area contributed by atoms with E-state index in [1.807, 2.05) is 26.0 Å². The van der Waals surface area contributed by atoms with E-state index < -0.39 is 5.97 Å². The molecule has 0 bridgehead atoms. The van der Waals surface area contributed by atoms with Crippen molar-refractivity contribution < 1.29 is 19.2 Å². The van der Waals surface area contributed by atoms with Crippen molar-refractivity contribution in [3.05, 3.63) is 47.1 Å². The van der Waals surface area contributed by atoms with Gasteiger partial charge in [0.1, 0.15) is 5.75 Å². The molecular formula is C15H16N2O4. The van der Waals surface area contributed by atoms with Gasteiger partial charge in [-0.25, -0.2) is 4.79 Å². The summed E-state index contributed by atoms with van der Waals surface area (Å²) in [6.45, 7) is 3.98. The Morgan fingerprint density at radius 3 is 2.95 bits per heavy atom. The molecule has 110 valence electrons. The second kappa shape index (κ2) is 6.69. The Labute approximate surface area is 122 Å². The van der Waals surface area contributed by atoms with E-state index >= 15 is 0 Å². The third kappa shape index (κ3) is 3.92. The van der Waals surface area contributed by atoms with E-state index in [9.17, 15) is 4.79 Å². The molecule has 0 amide bonds. The molecule has 1 aromatic heterocycles. The number of hydrogen-bond acceptors (Lipinski definition) is 5. The first-order valence-electron chi connectivity index (χ1n) is 6.55. The highest BCUT2D eigenvalue weighted by Crippen LogP contribution is 2.25. The van der Waals surface area contributed by atoms with Crippen LogP contribution in [0.3, 0.4) is 0 Å². The van der Waals surface area contributed by atoms with Gasteiger partial charge in [-0.1, -0.05) is 30.3 Å². The Balaban J connectivity index is 2.16. The van der Waals surface area contributed by atoms with Crippen LogP contribution < -0.4 is 4.74 Å². The van der Waals surface area contributed by atoms with Gasteiger partial charge in [0.25, 0.3) is 0 Å². The van der Waals surface area contributed by atoms with Gasteiger partial charge in [0.05, 0.1) is 0 Å². The molecule has 6 heteroatoms. The lowest BCUT2D eigenvalue weighted by Gasteiger charge is -2.10. The van der Waals surface area contributed by atoms with Crippen LogP contribution in [0.1, 0.15) is 29.8 Å². The Morgan fingerprint density at radius 1 is 1.48 bits per heavy atom. The SMILES string of the molecule is CCc1nc(COc2c(C)cccc2/C=C/C(=O)O)no1. The maximum absolute atomic E-state index is 10.6. The van der Waals surface area contributed by atoms with Crippen molar-refractivity contribution in [3.8, 4) is 5.75 Å². The van der Waals surface area contributed by atoms with Gasteiger partial charge in [0, 0.05) is 18.1 Å². The maximum Gasteiger partial charge on any atom is 0.328 e. The van der Waals surface area contributed by atoms with E-state index in [2.05, 4.69) is 10.1 Å². The number of carbonyl (C=O) groups is 1. The largest absolute Gasteiger partial charge is 0.485 e. The summed E-state index contributed by atoms with van der Waals surface area (Å²) in [5, 5.41) is 12.5. The number of nitrogens with zero attached hydrogens (tertiary/aromatic N) is 2. The summed E-state index contributed by atoms with van der Waals surface area (Å²) in [6, 6.07) is 5.52. The van der Waals surface area contributed by atoms with Crippen molar-refractivity contribution in [2.24, 2.45) is 0 Å². The molecule has 0 aliphatic rings. The molecule has 0 unspecified atom stereocenters. The molecule has 1 N–H and O–H groups in total. The Hall–Kier alpha value is -2.63. The standard InChI is InChI=1S/C15H16N2O4/c1-3-13-16-12(17-21-13)9-20-15-10(2)5-4-6-11(15)7-8-14(18)19/h4-8H,3,9H2,1-2H3,(H,18,19)/b8-7+. The molecule has 0 radical (unpaired) electrons. The summed E-state index contributed by atoms with van der Waals surface area (Å²) >= 11 is 0. The molecule has 6 nitrogen and oxygen atoms in total. The number of aromatic nitrogens is 2. The minimum atomic E-state index is -1.01. The first-order valence-corrected chi connectivity index (χ1v) is 6.55. The summed E-state index contributed by atoms with van der Waals surface area (Å²) in [7, 11) is 0. The van der Waals surface area contributed by atoms with Gasteiger partial charge in [-0.15, -0.1) is 0 Å².